The molecule has 0 bridgehead atoms. The van der Waals surface area contributed by atoms with Gasteiger partial charge >= 0.3 is 12.2 Å². The largest absolute Gasteiger partial charge is 0.467 e. The van der Waals surface area contributed by atoms with Crippen molar-refractivity contribution in [1.29, 1.82) is 0 Å². The van der Waals surface area contributed by atoms with Crippen LogP contribution in [0.4, 0.5) is 19.1 Å². The number of hydrogen-bond acceptors (Lipinski definition) is 6. The van der Waals surface area contributed by atoms with Crippen LogP contribution >= 0.6 is 0 Å². The Hall–Kier alpha value is -2.91. The normalized spacial score (nSPS) is 14.6. The highest BCUT2D eigenvalue weighted by Gasteiger charge is 2.30. The maximum absolute atomic E-state index is 12.6. The van der Waals surface area contributed by atoms with Gasteiger partial charge in [-0.05, 0) is 43.5 Å². The summed E-state index contributed by atoms with van der Waals surface area (Å²) in [7, 11) is 1.44. The highest BCUT2D eigenvalue weighted by molar-refractivity contribution is 5.94. The third-order valence-corrected chi connectivity index (χ3v) is 4.35. The van der Waals surface area contributed by atoms with Gasteiger partial charge in [0.05, 0.1) is 19.2 Å². The number of benzene rings is 1. The second-order valence-corrected chi connectivity index (χ2v) is 6.34. The van der Waals surface area contributed by atoms with Gasteiger partial charge in [0.15, 0.2) is 5.82 Å². The van der Waals surface area contributed by atoms with Gasteiger partial charge in [-0.1, -0.05) is 0 Å². The van der Waals surface area contributed by atoms with Gasteiger partial charge in [-0.3, -0.25) is 4.79 Å². The first-order valence-electron chi connectivity index (χ1n) is 8.86. The number of halogens is 3. The Bertz CT molecular complexity index is 821. The number of piperidine rings is 1. The number of ether oxygens (including phenoxy) is 1. The van der Waals surface area contributed by atoms with Gasteiger partial charge in [0.1, 0.15) is 0 Å². The zero-order chi connectivity index (χ0) is 20.1. The standard InChI is InChI=1S/C18H20F3N5O2/c1-28-17-24-14(23-16(25-17)26-9-3-2-4-10-26)11-22-15(27)12-5-7-13(8-6-12)18(19,20)21/h5-8H,2-4,9-11H2,1H3,(H,22,27). The molecular weight excluding hydrogens is 375 g/mol. The van der Waals surface area contributed by atoms with Gasteiger partial charge in [-0.2, -0.15) is 28.1 Å². The van der Waals surface area contributed by atoms with Gasteiger partial charge in [-0.25, -0.2) is 0 Å². The molecule has 3 rings (SSSR count). The van der Waals surface area contributed by atoms with Crippen LogP contribution in [0.25, 0.3) is 0 Å². The van der Waals surface area contributed by atoms with E-state index >= 15 is 0 Å². The molecule has 1 aliphatic rings. The summed E-state index contributed by atoms with van der Waals surface area (Å²) in [5.41, 5.74) is -0.692. The number of hydrogen-bond donors (Lipinski definition) is 1. The molecule has 0 unspecified atom stereocenters. The number of amides is 1. The fourth-order valence-corrected chi connectivity index (χ4v) is 2.86. The maximum Gasteiger partial charge on any atom is 0.416 e. The van der Waals surface area contributed by atoms with Crippen molar-refractivity contribution >= 4 is 11.9 Å². The second kappa shape index (κ2) is 8.41. The van der Waals surface area contributed by atoms with E-state index in [1.54, 1.807) is 0 Å². The summed E-state index contributed by atoms with van der Waals surface area (Å²) in [5, 5.41) is 2.61. The Kier molecular flexibility index (Phi) is 5.96. The van der Waals surface area contributed by atoms with Crippen molar-refractivity contribution < 1.29 is 22.7 Å². The minimum atomic E-state index is -4.44. The number of nitrogens with zero attached hydrogens (tertiary/aromatic N) is 4. The lowest BCUT2D eigenvalue weighted by molar-refractivity contribution is -0.137. The number of methoxy groups -OCH3 is 1. The molecule has 0 radical (unpaired) electrons. The molecule has 1 N–H and O–H groups in total. The molecule has 1 aromatic carbocycles. The van der Waals surface area contributed by atoms with Crippen molar-refractivity contribution in [3.8, 4) is 6.01 Å². The van der Waals surface area contributed by atoms with Crippen molar-refractivity contribution in [2.75, 3.05) is 25.1 Å². The average molecular weight is 395 g/mol. The van der Waals surface area contributed by atoms with E-state index in [1.165, 1.54) is 7.11 Å². The topological polar surface area (TPSA) is 80.2 Å². The van der Waals surface area contributed by atoms with Gasteiger partial charge in [-0.15, -0.1) is 0 Å². The molecule has 7 nitrogen and oxygen atoms in total. The first-order chi connectivity index (χ1) is 13.4. The van der Waals surface area contributed by atoms with E-state index in [-0.39, 0.29) is 18.1 Å². The fourth-order valence-electron chi connectivity index (χ4n) is 2.86. The molecule has 0 spiro atoms. The molecule has 10 heteroatoms. The zero-order valence-electron chi connectivity index (χ0n) is 15.3. The lowest BCUT2D eigenvalue weighted by atomic mass is 10.1. The van der Waals surface area contributed by atoms with E-state index in [1.807, 2.05) is 4.90 Å². The first-order valence-corrected chi connectivity index (χ1v) is 8.86. The van der Waals surface area contributed by atoms with E-state index in [0.29, 0.717) is 11.8 Å². The molecule has 1 saturated heterocycles. The molecule has 1 aliphatic heterocycles. The molecule has 0 atom stereocenters. The lowest BCUT2D eigenvalue weighted by Gasteiger charge is -2.26. The molecule has 1 amide bonds. The van der Waals surface area contributed by atoms with Gasteiger partial charge < -0.3 is 15.0 Å². The summed E-state index contributed by atoms with van der Waals surface area (Å²) >= 11 is 0. The van der Waals surface area contributed by atoms with Gasteiger partial charge in [0, 0.05) is 18.7 Å². The number of carbonyl (C=O) groups is 1. The van der Waals surface area contributed by atoms with Crippen molar-refractivity contribution in [3.63, 3.8) is 0 Å². The van der Waals surface area contributed by atoms with E-state index in [0.717, 1.165) is 56.6 Å². The van der Waals surface area contributed by atoms with Crippen LogP contribution in [0.2, 0.25) is 0 Å². The minimum absolute atomic E-state index is 0.000421. The molecule has 150 valence electrons. The monoisotopic (exact) mass is 395 g/mol. The highest BCUT2D eigenvalue weighted by atomic mass is 19.4. The van der Waals surface area contributed by atoms with Crippen LogP contribution in [-0.2, 0) is 12.7 Å². The Morgan fingerprint density at radius 1 is 1.11 bits per heavy atom. The number of nitrogens with one attached hydrogen (secondary N) is 1. The predicted molar refractivity (Wildman–Crippen MR) is 95.1 cm³/mol. The van der Waals surface area contributed by atoms with Crippen LogP contribution in [0.1, 0.15) is 41.0 Å². The molecular formula is C18H20F3N5O2. The van der Waals surface area contributed by atoms with E-state index in [9.17, 15) is 18.0 Å². The molecule has 2 aromatic rings. The van der Waals surface area contributed by atoms with Crippen LogP contribution in [0.3, 0.4) is 0 Å². The number of aromatic nitrogens is 3. The third kappa shape index (κ3) is 4.87. The summed E-state index contributed by atoms with van der Waals surface area (Å²) in [6, 6.07) is 4.15. The van der Waals surface area contributed by atoms with Crippen LogP contribution in [0.5, 0.6) is 6.01 Å². The smallest absolute Gasteiger partial charge is 0.416 e. The summed E-state index contributed by atoms with van der Waals surface area (Å²) in [6.07, 6.45) is -1.18. The Morgan fingerprint density at radius 2 is 1.79 bits per heavy atom. The molecule has 0 aliphatic carbocycles. The predicted octanol–water partition coefficient (Wildman–Crippen LogP) is 2.82. The molecule has 2 heterocycles. The molecule has 1 fully saturated rings. The van der Waals surface area contributed by atoms with E-state index < -0.39 is 17.6 Å². The number of alkyl halides is 3. The Balaban J connectivity index is 1.68. The summed E-state index contributed by atoms with van der Waals surface area (Å²) in [4.78, 5) is 27.0. The van der Waals surface area contributed by atoms with Crippen molar-refractivity contribution in [1.82, 2.24) is 20.3 Å². The quantitative estimate of drug-likeness (QED) is 0.839. The van der Waals surface area contributed by atoms with Crippen LogP contribution in [0, 0.1) is 0 Å². The summed E-state index contributed by atoms with van der Waals surface area (Å²) in [6.45, 7) is 1.68. The average Bonchev–Trinajstić information content (AvgIpc) is 2.72. The second-order valence-electron chi connectivity index (χ2n) is 6.34. The number of carbonyl (C=O) groups excluding carboxylic acids is 1. The van der Waals surface area contributed by atoms with Gasteiger partial charge in [0.25, 0.3) is 5.91 Å². The van der Waals surface area contributed by atoms with Gasteiger partial charge in [0.2, 0.25) is 5.95 Å². The Morgan fingerprint density at radius 3 is 2.39 bits per heavy atom. The van der Waals surface area contributed by atoms with Crippen molar-refractivity contribution in [2.24, 2.45) is 0 Å². The lowest BCUT2D eigenvalue weighted by Crippen LogP contribution is -2.32. The fraction of sp³-hybridized carbons (Fsp3) is 0.444. The van der Waals surface area contributed by atoms with Crippen LogP contribution in [0.15, 0.2) is 24.3 Å². The molecule has 1 aromatic heterocycles. The molecule has 0 saturated carbocycles. The summed E-state index contributed by atoms with van der Waals surface area (Å²) < 4.78 is 43.0. The van der Waals surface area contributed by atoms with Crippen LogP contribution < -0.4 is 15.0 Å². The van der Waals surface area contributed by atoms with Crippen molar-refractivity contribution in [3.05, 3.63) is 41.2 Å². The SMILES string of the molecule is COc1nc(CNC(=O)c2ccc(C(F)(F)F)cc2)nc(N2CCCCC2)n1. The molecule has 28 heavy (non-hydrogen) atoms. The minimum Gasteiger partial charge on any atom is -0.467 e. The first kappa shape index (κ1) is 19.8. The maximum atomic E-state index is 12.6. The van der Waals surface area contributed by atoms with Crippen LogP contribution in [-0.4, -0.2) is 41.1 Å². The van der Waals surface area contributed by atoms with E-state index in [2.05, 4.69) is 20.3 Å². The summed E-state index contributed by atoms with van der Waals surface area (Å²) in [5.74, 6) is 0.283. The zero-order valence-corrected chi connectivity index (χ0v) is 15.3. The number of rotatable bonds is 5. The third-order valence-electron chi connectivity index (χ3n) is 4.35. The number of anilines is 1. The highest BCUT2D eigenvalue weighted by Crippen LogP contribution is 2.29. The Labute approximate surface area is 160 Å². The van der Waals surface area contributed by atoms with Crippen molar-refractivity contribution in [2.45, 2.75) is 32.0 Å². The van der Waals surface area contributed by atoms with E-state index in [4.69, 9.17) is 4.74 Å².